The van der Waals surface area contributed by atoms with E-state index in [0.29, 0.717) is 12.5 Å². The predicted octanol–water partition coefficient (Wildman–Crippen LogP) is 2.28. The van der Waals surface area contributed by atoms with Crippen LogP contribution in [-0.2, 0) is 19.4 Å². The predicted molar refractivity (Wildman–Crippen MR) is 75.3 cm³/mol. The number of rotatable bonds is 3. The van der Waals surface area contributed by atoms with Gasteiger partial charge in [-0.1, -0.05) is 25.3 Å². The standard InChI is InChI=1S/C16H23NO2/c18-15(13-5-2-1-3-6-13)11-17-14-8-4-7-12(14)9-10-16(17)19/h9-10,13,15,18H,1-8,11H2. The molecule has 0 bridgehead atoms. The van der Waals surface area contributed by atoms with E-state index in [1.54, 1.807) is 6.07 Å². The van der Waals surface area contributed by atoms with Gasteiger partial charge in [-0.05, 0) is 43.6 Å². The van der Waals surface area contributed by atoms with Crippen LogP contribution in [0.4, 0.5) is 0 Å². The molecule has 3 heteroatoms. The van der Waals surface area contributed by atoms with Gasteiger partial charge in [-0.2, -0.15) is 0 Å². The first kappa shape index (κ1) is 12.9. The summed E-state index contributed by atoms with van der Waals surface area (Å²) in [5.41, 5.74) is 2.52. The zero-order valence-electron chi connectivity index (χ0n) is 11.5. The van der Waals surface area contributed by atoms with Crippen LogP contribution in [0.2, 0.25) is 0 Å². The Bertz CT molecular complexity index is 500. The van der Waals surface area contributed by atoms with Gasteiger partial charge >= 0.3 is 0 Å². The molecule has 3 nitrogen and oxygen atoms in total. The molecule has 2 aliphatic carbocycles. The van der Waals surface area contributed by atoms with Crippen molar-refractivity contribution in [3.63, 3.8) is 0 Å². The normalized spacial score (nSPS) is 21.3. The van der Waals surface area contributed by atoms with E-state index in [1.165, 1.54) is 30.5 Å². The maximum Gasteiger partial charge on any atom is 0.250 e. The highest BCUT2D eigenvalue weighted by molar-refractivity contribution is 5.25. The highest BCUT2D eigenvalue weighted by atomic mass is 16.3. The Morgan fingerprint density at radius 2 is 1.95 bits per heavy atom. The van der Waals surface area contributed by atoms with Crippen LogP contribution in [0.5, 0.6) is 0 Å². The van der Waals surface area contributed by atoms with Crippen molar-refractivity contribution in [2.24, 2.45) is 5.92 Å². The minimum absolute atomic E-state index is 0.0514. The molecule has 0 saturated heterocycles. The van der Waals surface area contributed by atoms with Crippen molar-refractivity contribution >= 4 is 0 Å². The number of aliphatic hydroxyl groups is 1. The van der Waals surface area contributed by atoms with E-state index in [2.05, 4.69) is 0 Å². The molecule has 3 rings (SSSR count). The van der Waals surface area contributed by atoms with Crippen molar-refractivity contribution in [2.75, 3.05) is 0 Å². The molecular weight excluding hydrogens is 238 g/mol. The quantitative estimate of drug-likeness (QED) is 0.907. The van der Waals surface area contributed by atoms with Crippen LogP contribution in [0.3, 0.4) is 0 Å². The number of aryl methyl sites for hydroxylation is 1. The van der Waals surface area contributed by atoms with Crippen LogP contribution in [0.15, 0.2) is 16.9 Å². The summed E-state index contributed by atoms with van der Waals surface area (Å²) in [6.45, 7) is 0.493. The fourth-order valence-electron chi connectivity index (χ4n) is 3.69. The maximum atomic E-state index is 12.0. The fourth-order valence-corrected chi connectivity index (χ4v) is 3.69. The zero-order chi connectivity index (χ0) is 13.2. The Hall–Kier alpha value is -1.09. The average Bonchev–Trinajstić information content (AvgIpc) is 2.91. The zero-order valence-corrected chi connectivity index (χ0v) is 11.5. The second kappa shape index (κ2) is 5.49. The molecule has 1 saturated carbocycles. The Kier molecular flexibility index (Phi) is 3.74. The molecule has 1 unspecified atom stereocenters. The molecule has 0 aromatic carbocycles. The van der Waals surface area contributed by atoms with Crippen molar-refractivity contribution in [1.29, 1.82) is 0 Å². The minimum atomic E-state index is -0.356. The third kappa shape index (κ3) is 2.62. The van der Waals surface area contributed by atoms with Crippen molar-refractivity contribution in [2.45, 2.75) is 64.0 Å². The van der Waals surface area contributed by atoms with Crippen LogP contribution < -0.4 is 5.56 Å². The molecule has 1 atom stereocenters. The van der Waals surface area contributed by atoms with Crippen molar-refractivity contribution < 1.29 is 5.11 Å². The van der Waals surface area contributed by atoms with Gasteiger partial charge in [-0.25, -0.2) is 0 Å². The number of aliphatic hydroxyl groups excluding tert-OH is 1. The maximum absolute atomic E-state index is 12.0. The molecule has 104 valence electrons. The Balaban J connectivity index is 1.79. The van der Waals surface area contributed by atoms with E-state index in [1.807, 2.05) is 10.6 Å². The third-order valence-corrected chi connectivity index (χ3v) is 4.81. The summed E-state index contributed by atoms with van der Waals surface area (Å²) in [4.78, 5) is 12.0. The van der Waals surface area contributed by atoms with Gasteiger partial charge in [0, 0.05) is 11.8 Å². The van der Waals surface area contributed by atoms with E-state index in [4.69, 9.17) is 0 Å². The first-order valence-corrected chi connectivity index (χ1v) is 7.65. The third-order valence-electron chi connectivity index (χ3n) is 4.81. The summed E-state index contributed by atoms with van der Waals surface area (Å²) in [6, 6.07) is 3.63. The monoisotopic (exact) mass is 261 g/mol. The first-order chi connectivity index (χ1) is 9.25. The van der Waals surface area contributed by atoms with Crippen molar-refractivity contribution in [1.82, 2.24) is 4.57 Å². The smallest absolute Gasteiger partial charge is 0.250 e. The second-order valence-corrected chi connectivity index (χ2v) is 6.07. The first-order valence-electron chi connectivity index (χ1n) is 7.65. The summed E-state index contributed by atoms with van der Waals surface area (Å²) in [6.07, 6.45) is 8.83. The molecule has 1 aromatic heterocycles. The summed E-state index contributed by atoms with van der Waals surface area (Å²) >= 11 is 0. The summed E-state index contributed by atoms with van der Waals surface area (Å²) in [5.74, 6) is 0.387. The largest absolute Gasteiger partial charge is 0.391 e. The molecule has 1 N–H and O–H groups in total. The van der Waals surface area contributed by atoms with Gasteiger partial charge in [0.05, 0.1) is 12.6 Å². The Labute approximate surface area is 114 Å². The van der Waals surface area contributed by atoms with E-state index in [-0.39, 0.29) is 11.7 Å². The fraction of sp³-hybridized carbons (Fsp3) is 0.688. The molecule has 1 heterocycles. The lowest BCUT2D eigenvalue weighted by Gasteiger charge is -2.27. The number of hydrogen-bond acceptors (Lipinski definition) is 2. The Morgan fingerprint density at radius 1 is 1.16 bits per heavy atom. The molecule has 19 heavy (non-hydrogen) atoms. The molecule has 0 aliphatic heterocycles. The molecule has 0 radical (unpaired) electrons. The number of nitrogens with zero attached hydrogens (tertiary/aromatic N) is 1. The number of aromatic nitrogens is 1. The lowest BCUT2D eigenvalue weighted by molar-refractivity contribution is 0.0680. The highest BCUT2D eigenvalue weighted by Crippen LogP contribution is 2.28. The number of hydrogen-bond donors (Lipinski definition) is 1. The van der Waals surface area contributed by atoms with Gasteiger partial charge in [0.25, 0.3) is 5.56 Å². The van der Waals surface area contributed by atoms with E-state index >= 15 is 0 Å². The molecule has 0 amide bonds. The van der Waals surface area contributed by atoms with Crippen LogP contribution in [0.25, 0.3) is 0 Å². The summed E-state index contributed by atoms with van der Waals surface area (Å²) in [5, 5.41) is 10.4. The number of fused-ring (bicyclic) bond motifs is 1. The van der Waals surface area contributed by atoms with E-state index in [0.717, 1.165) is 32.1 Å². The van der Waals surface area contributed by atoms with Crippen molar-refractivity contribution in [3.8, 4) is 0 Å². The van der Waals surface area contributed by atoms with Gasteiger partial charge < -0.3 is 9.67 Å². The number of pyridine rings is 1. The molecule has 0 spiro atoms. The van der Waals surface area contributed by atoms with Crippen LogP contribution in [0, 0.1) is 5.92 Å². The van der Waals surface area contributed by atoms with Crippen LogP contribution >= 0.6 is 0 Å². The second-order valence-electron chi connectivity index (χ2n) is 6.07. The molecular formula is C16H23NO2. The topological polar surface area (TPSA) is 42.2 Å². The van der Waals surface area contributed by atoms with E-state index in [9.17, 15) is 9.90 Å². The van der Waals surface area contributed by atoms with Gasteiger partial charge in [-0.15, -0.1) is 0 Å². The lowest BCUT2D eigenvalue weighted by atomic mass is 9.85. The minimum Gasteiger partial charge on any atom is -0.391 e. The van der Waals surface area contributed by atoms with Crippen LogP contribution in [0.1, 0.15) is 49.8 Å². The van der Waals surface area contributed by atoms with E-state index < -0.39 is 0 Å². The lowest BCUT2D eigenvalue weighted by Crippen LogP contribution is -2.33. The van der Waals surface area contributed by atoms with Crippen molar-refractivity contribution in [3.05, 3.63) is 33.7 Å². The van der Waals surface area contributed by atoms with Gasteiger partial charge in [0.1, 0.15) is 0 Å². The summed E-state index contributed by atoms with van der Waals surface area (Å²) < 4.78 is 1.83. The average molecular weight is 261 g/mol. The highest BCUT2D eigenvalue weighted by Gasteiger charge is 2.24. The summed E-state index contributed by atoms with van der Waals surface area (Å²) in [7, 11) is 0. The van der Waals surface area contributed by atoms with Crippen LogP contribution in [-0.4, -0.2) is 15.8 Å². The van der Waals surface area contributed by atoms with Gasteiger partial charge in [0.15, 0.2) is 0 Å². The SMILES string of the molecule is O=c1ccc2c(n1CC(O)C1CCCCC1)CCC2. The molecule has 1 aromatic rings. The Morgan fingerprint density at radius 3 is 2.74 bits per heavy atom. The van der Waals surface area contributed by atoms with Gasteiger partial charge in [0.2, 0.25) is 0 Å². The molecule has 2 aliphatic rings. The van der Waals surface area contributed by atoms with Gasteiger partial charge in [-0.3, -0.25) is 4.79 Å². The molecule has 1 fully saturated rings.